The van der Waals surface area contributed by atoms with E-state index in [1.807, 2.05) is 6.07 Å². The number of nitrogens with zero attached hydrogens (tertiary/aromatic N) is 1. The highest BCUT2D eigenvalue weighted by atomic mass is 32.1. The van der Waals surface area contributed by atoms with Gasteiger partial charge in [0.25, 0.3) is 0 Å². The van der Waals surface area contributed by atoms with Gasteiger partial charge >= 0.3 is 0 Å². The van der Waals surface area contributed by atoms with Crippen LogP contribution < -0.4 is 10.6 Å². The summed E-state index contributed by atoms with van der Waals surface area (Å²) in [6.45, 7) is 0.498. The van der Waals surface area contributed by atoms with Crippen LogP contribution in [0.25, 0.3) is 27.6 Å². The Balaban J connectivity index is 1.75. The van der Waals surface area contributed by atoms with Crippen molar-refractivity contribution in [3.8, 4) is 16.6 Å². The Labute approximate surface area is 167 Å². The van der Waals surface area contributed by atoms with Gasteiger partial charge in [0.05, 0.1) is 16.1 Å². The summed E-state index contributed by atoms with van der Waals surface area (Å²) in [6.07, 6.45) is 3.17. The second-order valence-electron chi connectivity index (χ2n) is 6.47. The number of halogens is 2. The Hall–Kier alpha value is -3.51. The number of hydrogen-bond donors (Lipinski definition) is 3. The van der Waals surface area contributed by atoms with Gasteiger partial charge in [-0.15, -0.1) is 11.3 Å². The van der Waals surface area contributed by atoms with Crippen LogP contribution in [0.1, 0.15) is 16.9 Å². The molecule has 0 spiro atoms. The predicted octanol–water partition coefficient (Wildman–Crippen LogP) is 3.06. The van der Waals surface area contributed by atoms with Crippen molar-refractivity contribution in [1.29, 1.82) is 5.26 Å². The zero-order valence-electron chi connectivity index (χ0n) is 14.9. The van der Waals surface area contributed by atoms with Gasteiger partial charge in [-0.1, -0.05) is 0 Å². The first-order chi connectivity index (χ1) is 14.0. The van der Waals surface area contributed by atoms with E-state index >= 15 is 0 Å². The molecule has 0 bridgehead atoms. The van der Waals surface area contributed by atoms with E-state index in [1.54, 1.807) is 12.1 Å². The number of rotatable bonds is 4. The topological polar surface area (TPSA) is 97.8 Å². The third-order valence-corrected chi connectivity index (χ3v) is 5.60. The highest BCUT2D eigenvalue weighted by Gasteiger charge is 2.25. The van der Waals surface area contributed by atoms with Gasteiger partial charge in [0.15, 0.2) is 0 Å². The lowest BCUT2D eigenvalue weighted by Gasteiger charge is -2.07. The van der Waals surface area contributed by atoms with E-state index in [0.717, 1.165) is 6.07 Å². The fraction of sp³-hybridized carbons (Fsp3) is 0.150. The van der Waals surface area contributed by atoms with Gasteiger partial charge in [0.2, 0.25) is 11.8 Å². The fourth-order valence-electron chi connectivity index (χ4n) is 3.25. The van der Waals surface area contributed by atoms with Crippen molar-refractivity contribution < 1.29 is 18.4 Å². The van der Waals surface area contributed by atoms with Crippen LogP contribution in [0, 0.1) is 23.0 Å². The minimum absolute atomic E-state index is 0.100. The number of carbonyl (C=O) groups is 2. The first-order valence-corrected chi connectivity index (χ1v) is 9.55. The molecule has 29 heavy (non-hydrogen) atoms. The summed E-state index contributed by atoms with van der Waals surface area (Å²) in [5.74, 6) is -2.24. The standard InChI is InChI=1S/C20H14F2N4O2S/c21-10-7-13-12(2-4-17(27)25-15-5-6-24-20(15)28)19(26-18(13)14(22)8-10)16-3-1-11(9-23)29-16/h1-4,7-8,15,26H,5-6H2,(H,24,28)(H,25,27)/t15-/m0/s1. The lowest BCUT2D eigenvalue weighted by Crippen LogP contribution is -2.39. The van der Waals surface area contributed by atoms with Gasteiger partial charge in [-0.25, -0.2) is 8.78 Å². The SMILES string of the molecule is N#Cc1ccc(-c2[nH]c3c(F)cc(F)cc3c2C=CC(=O)N[C@H]2CCNC2=O)s1. The molecule has 0 unspecified atom stereocenters. The molecule has 1 atom stereocenters. The van der Waals surface area contributed by atoms with Gasteiger partial charge in [-0.3, -0.25) is 9.59 Å². The fourth-order valence-corrected chi connectivity index (χ4v) is 4.07. The Kier molecular flexibility index (Phi) is 4.86. The molecule has 0 aliphatic carbocycles. The van der Waals surface area contributed by atoms with Gasteiger partial charge in [-0.05, 0) is 30.7 Å². The number of fused-ring (bicyclic) bond motifs is 1. The van der Waals surface area contributed by atoms with Crippen molar-refractivity contribution in [2.45, 2.75) is 12.5 Å². The summed E-state index contributed by atoms with van der Waals surface area (Å²) in [7, 11) is 0. The van der Waals surface area contributed by atoms with E-state index in [4.69, 9.17) is 5.26 Å². The zero-order chi connectivity index (χ0) is 20.5. The summed E-state index contributed by atoms with van der Waals surface area (Å²) >= 11 is 1.19. The molecule has 1 aliphatic heterocycles. The maximum absolute atomic E-state index is 14.3. The molecule has 4 rings (SSSR count). The molecule has 3 aromatic rings. The first-order valence-electron chi connectivity index (χ1n) is 8.73. The molecule has 2 aromatic heterocycles. The molecule has 3 N–H and O–H groups in total. The van der Waals surface area contributed by atoms with E-state index in [9.17, 15) is 18.4 Å². The molecule has 1 saturated heterocycles. The normalized spacial score (nSPS) is 16.3. The lowest BCUT2D eigenvalue weighted by atomic mass is 10.1. The molecule has 1 fully saturated rings. The molecule has 0 saturated carbocycles. The van der Waals surface area contributed by atoms with Crippen LogP contribution in [0.15, 0.2) is 30.3 Å². The van der Waals surface area contributed by atoms with Crippen LogP contribution in [0.2, 0.25) is 0 Å². The van der Waals surface area contributed by atoms with Crippen LogP contribution in [0.3, 0.4) is 0 Å². The Morgan fingerprint density at radius 2 is 2.17 bits per heavy atom. The van der Waals surface area contributed by atoms with Crippen molar-refractivity contribution in [1.82, 2.24) is 15.6 Å². The van der Waals surface area contributed by atoms with Crippen molar-refractivity contribution in [2.24, 2.45) is 0 Å². The van der Waals surface area contributed by atoms with Crippen molar-refractivity contribution in [3.05, 3.63) is 52.4 Å². The van der Waals surface area contributed by atoms with Crippen LogP contribution in [0.4, 0.5) is 8.78 Å². The minimum atomic E-state index is -0.759. The molecule has 6 nitrogen and oxygen atoms in total. The lowest BCUT2D eigenvalue weighted by molar-refractivity contribution is -0.125. The monoisotopic (exact) mass is 412 g/mol. The number of benzene rings is 1. The number of thiophene rings is 1. The van der Waals surface area contributed by atoms with Crippen LogP contribution >= 0.6 is 11.3 Å². The summed E-state index contributed by atoms with van der Waals surface area (Å²) in [6, 6.07) is 6.72. The summed E-state index contributed by atoms with van der Waals surface area (Å²) in [4.78, 5) is 27.9. The van der Waals surface area contributed by atoms with E-state index < -0.39 is 23.6 Å². The number of nitrogens with one attached hydrogen (secondary N) is 3. The smallest absolute Gasteiger partial charge is 0.244 e. The van der Waals surface area contributed by atoms with Gasteiger partial charge in [0, 0.05) is 29.6 Å². The number of hydrogen-bond acceptors (Lipinski definition) is 4. The number of aromatic nitrogens is 1. The average Bonchev–Trinajstić information content (AvgIpc) is 3.39. The molecular weight excluding hydrogens is 398 g/mol. The number of H-pyrrole nitrogens is 1. The van der Waals surface area contributed by atoms with Crippen molar-refractivity contribution in [2.75, 3.05) is 6.54 Å². The predicted molar refractivity (Wildman–Crippen MR) is 105 cm³/mol. The number of nitriles is 1. The second kappa shape index (κ2) is 7.48. The summed E-state index contributed by atoms with van der Waals surface area (Å²) < 4.78 is 28.1. The maximum atomic E-state index is 14.3. The molecule has 1 aromatic carbocycles. The Morgan fingerprint density at radius 1 is 1.34 bits per heavy atom. The molecule has 9 heteroatoms. The largest absolute Gasteiger partial charge is 0.354 e. The molecule has 1 aliphatic rings. The van der Waals surface area contributed by atoms with Crippen molar-refractivity contribution in [3.63, 3.8) is 0 Å². The minimum Gasteiger partial charge on any atom is -0.354 e. The van der Waals surface area contributed by atoms with E-state index in [2.05, 4.69) is 15.6 Å². The molecule has 2 amide bonds. The number of carbonyl (C=O) groups excluding carboxylic acids is 2. The molecular formula is C20H14F2N4O2S. The molecule has 146 valence electrons. The van der Waals surface area contributed by atoms with Crippen LogP contribution in [-0.2, 0) is 9.59 Å². The van der Waals surface area contributed by atoms with Gasteiger partial charge in [0.1, 0.15) is 28.6 Å². The Morgan fingerprint density at radius 3 is 2.86 bits per heavy atom. The van der Waals surface area contributed by atoms with Crippen LogP contribution in [-0.4, -0.2) is 29.4 Å². The summed E-state index contributed by atoms with van der Waals surface area (Å²) in [5, 5.41) is 14.6. The van der Waals surface area contributed by atoms with Gasteiger partial charge < -0.3 is 15.6 Å². The number of amides is 2. The molecule has 0 radical (unpaired) electrons. The molecule has 3 heterocycles. The van der Waals surface area contributed by atoms with E-state index in [1.165, 1.54) is 29.6 Å². The van der Waals surface area contributed by atoms with Crippen LogP contribution in [0.5, 0.6) is 0 Å². The zero-order valence-corrected chi connectivity index (χ0v) is 15.7. The quantitative estimate of drug-likeness (QED) is 0.575. The third-order valence-electron chi connectivity index (χ3n) is 4.59. The van der Waals surface area contributed by atoms with E-state index in [-0.39, 0.29) is 16.8 Å². The van der Waals surface area contributed by atoms with Crippen molar-refractivity contribution >= 4 is 40.1 Å². The maximum Gasteiger partial charge on any atom is 0.244 e. The van der Waals surface area contributed by atoms with Gasteiger partial charge in [-0.2, -0.15) is 5.26 Å². The number of aromatic amines is 1. The average molecular weight is 412 g/mol. The Bertz CT molecular complexity index is 1210. The van der Waals surface area contributed by atoms with E-state index in [0.29, 0.717) is 34.0 Å². The second-order valence-corrected chi connectivity index (χ2v) is 7.56. The summed E-state index contributed by atoms with van der Waals surface area (Å²) in [5.41, 5.74) is 0.984. The first kappa shape index (κ1) is 18.8. The highest BCUT2D eigenvalue weighted by molar-refractivity contribution is 7.16. The third kappa shape index (κ3) is 3.62. The highest BCUT2D eigenvalue weighted by Crippen LogP contribution is 2.36.